The fourth-order valence-electron chi connectivity index (χ4n) is 3.29. The SMILES string of the molecule is COc1ccc(-n2nc(/C=C(/C(=O)O)c3ccccc3)cc2-c2ccc(Cl)c(Cl)c2)cc1. The maximum Gasteiger partial charge on any atom is 0.336 e. The van der Waals surface area contributed by atoms with E-state index in [1.165, 1.54) is 0 Å². The van der Waals surface area contributed by atoms with Gasteiger partial charge >= 0.3 is 5.97 Å². The van der Waals surface area contributed by atoms with Gasteiger partial charge in [-0.05, 0) is 54.1 Å². The Labute approximate surface area is 195 Å². The number of hydrogen-bond acceptors (Lipinski definition) is 3. The van der Waals surface area contributed by atoms with Gasteiger partial charge in [-0.15, -0.1) is 0 Å². The van der Waals surface area contributed by atoms with Crippen LogP contribution in [-0.4, -0.2) is 28.0 Å². The standard InChI is InChI=1S/C25H18Cl2N2O3/c1-32-20-10-8-19(9-11-20)29-24(17-7-12-22(26)23(27)13-17)15-18(28-29)14-21(25(30)31)16-5-3-2-4-6-16/h2-15H,1H3,(H,30,31)/b21-14+. The number of aliphatic carboxylic acids is 1. The molecule has 160 valence electrons. The van der Waals surface area contributed by atoms with Crippen LogP contribution in [0.5, 0.6) is 5.75 Å². The second kappa shape index (κ2) is 9.30. The highest BCUT2D eigenvalue weighted by Gasteiger charge is 2.16. The summed E-state index contributed by atoms with van der Waals surface area (Å²) in [5.41, 5.74) is 3.53. The molecule has 7 heteroatoms. The van der Waals surface area contributed by atoms with E-state index in [9.17, 15) is 9.90 Å². The Morgan fingerprint density at radius 1 is 0.969 bits per heavy atom. The molecule has 0 spiro atoms. The van der Waals surface area contributed by atoms with E-state index < -0.39 is 5.97 Å². The Balaban J connectivity index is 1.88. The van der Waals surface area contributed by atoms with Gasteiger partial charge in [0.1, 0.15) is 5.75 Å². The summed E-state index contributed by atoms with van der Waals surface area (Å²) < 4.78 is 6.98. The molecule has 32 heavy (non-hydrogen) atoms. The second-order valence-corrected chi connectivity index (χ2v) is 7.74. The molecule has 0 radical (unpaired) electrons. The number of benzene rings is 3. The van der Waals surface area contributed by atoms with Gasteiger partial charge in [-0.1, -0.05) is 59.6 Å². The van der Waals surface area contributed by atoms with Crippen molar-refractivity contribution in [2.45, 2.75) is 0 Å². The third kappa shape index (κ3) is 4.54. The average Bonchev–Trinajstić information content (AvgIpc) is 3.23. The van der Waals surface area contributed by atoms with Crippen molar-refractivity contribution in [3.63, 3.8) is 0 Å². The lowest BCUT2D eigenvalue weighted by Crippen LogP contribution is -2.01. The number of carboxylic acid groups (broad SMARTS) is 1. The Morgan fingerprint density at radius 3 is 2.31 bits per heavy atom. The number of methoxy groups -OCH3 is 1. The highest BCUT2D eigenvalue weighted by atomic mass is 35.5. The van der Waals surface area contributed by atoms with Gasteiger partial charge in [-0.3, -0.25) is 0 Å². The number of rotatable bonds is 6. The Hall–Kier alpha value is -3.54. The minimum absolute atomic E-state index is 0.144. The summed E-state index contributed by atoms with van der Waals surface area (Å²) in [4.78, 5) is 11.9. The van der Waals surface area contributed by atoms with Crippen LogP contribution in [0.2, 0.25) is 10.0 Å². The zero-order chi connectivity index (χ0) is 22.7. The lowest BCUT2D eigenvalue weighted by Gasteiger charge is -2.09. The number of carboxylic acids is 1. The zero-order valence-corrected chi connectivity index (χ0v) is 18.5. The predicted octanol–water partition coefficient (Wildman–Crippen LogP) is 6.48. The molecular weight excluding hydrogens is 447 g/mol. The molecule has 4 aromatic rings. The van der Waals surface area contributed by atoms with Crippen molar-refractivity contribution in [2.24, 2.45) is 0 Å². The predicted molar refractivity (Wildman–Crippen MR) is 128 cm³/mol. The van der Waals surface area contributed by atoms with E-state index >= 15 is 0 Å². The lowest BCUT2D eigenvalue weighted by molar-refractivity contribution is -0.130. The summed E-state index contributed by atoms with van der Waals surface area (Å²) in [5.74, 6) is -0.319. The largest absolute Gasteiger partial charge is 0.497 e. The average molecular weight is 465 g/mol. The monoisotopic (exact) mass is 464 g/mol. The van der Waals surface area contributed by atoms with Crippen LogP contribution in [0.3, 0.4) is 0 Å². The zero-order valence-electron chi connectivity index (χ0n) is 17.0. The molecule has 0 aliphatic carbocycles. The number of halogens is 2. The fraction of sp³-hybridized carbons (Fsp3) is 0.0400. The molecule has 5 nitrogen and oxygen atoms in total. The molecule has 0 aliphatic rings. The van der Waals surface area contributed by atoms with Crippen LogP contribution in [0.4, 0.5) is 0 Å². The van der Waals surface area contributed by atoms with Crippen LogP contribution in [0.15, 0.2) is 78.9 Å². The first-order chi connectivity index (χ1) is 15.5. The molecule has 3 aromatic carbocycles. The number of nitrogens with zero attached hydrogens (tertiary/aromatic N) is 2. The van der Waals surface area contributed by atoms with E-state index in [4.69, 9.17) is 27.9 Å². The van der Waals surface area contributed by atoms with Crippen LogP contribution >= 0.6 is 23.2 Å². The summed E-state index contributed by atoms with van der Waals surface area (Å²) in [6.45, 7) is 0. The van der Waals surface area contributed by atoms with Crippen LogP contribution in [-0.2, 0) is 4.79 Å². The molecule has 1 N–H and O–H groups in total. The van der Waals surface area contributed by atoms with Gasteiger partial charge in [0.15, 0.2) is 0 Å². The molecule has 0 bridgehead atoms. The van der Waals surface area contributed by atoms with Crippen molar-refractivity contribution in [3.05, 3.63) is 100 Å². The lowest BCUT2D eigenvalue weighted by atomic mass is 10.0. The van der Waals surface area contributed by atoms with Gasteiger partial charge in [0.2, 0.25) is 0 Å². The van der Waals surface area contributed by atoms with Crippen molar-refractivity contribution in [1.82, 2.24) is 9.78 Å². The summed E-state index contributed by atoms with van der Waals surface area (Å²) in [6, 6.07) is 23.5. The number of aromatic nitrogens is 2. The first kappa shape index (κ1) is 21.7. The van der Waals surface area contributed by atoms with E-state index in [1.807, 2.05) is 42.5 Å². The molecule has 4 rings (SSSR count). The molecule has 0 unspecified atom stereocenters. The van der Waals surface area contributed by atoms with Gasteiger partial charge < -0.3 is 9.84 Å². The molecule has 0 saturated carbocycles. The van der Waals surface area contributed by atoms with E-state index in [-0.39, 0.29) is 5.57 Å². The molecule has 0 fully saturated rings. The normalized spacial score (nSPS) is 11.4. The Kier molecular flexibility index (Phi) is 6.30. The molecule has 0 aliphatic heterocycles. The van der Waals surface area contributed by atoms with Crippen LogP contribution < -0.4 is 4.74 Å². The maximum absolute atomic E-state index is 11.9. The van der Waals surface area contributed by atoms with Crippen molar-refractivity contribution in [1.29, 1.82) is 0 Å². The highest BCUT2D eigenvalue weighted by Crippen LogP contribution is 2.31. The summed E-state index contributed by atoms with van der Waals surface area (Å²) in [5, 5.41) is 15.3. The van der Waals surface area contributed by atoms with Crippen molar-refractivity contribution in [2.75, 3.05) is 7.11 Å². The third-order valence-corrected chi connectivity index (χ3v) is 5.61. The smallest absolute Gasteiger partial charge is 0.336 e. The summed E-state index contributed by atoms with van der Waals surface area (Å²) in [6.07, 6.45) is 1.55. The van der Waals surface area contributed by atoms with Gasteiger partial charge in [0.05, 0.1) is 39.8 Å². The van der Waals surface area contributed by atoms with Crippen molar-refractivity contribution >= 4 is 40.8 Å². The van der Waals surface area contributed by atoms with E-state index in [1.54, 1.807) is 54.3 Å². The molecular formula is C25H18Cl2N2O3. The summed E-state index contributed by atoms with van der Waals surface area (Å²) >= 11 is 12.3. The first-order valence-corrected chi connectivity index (χ1v) is 10.4. The summed E-state index contributed by atoms with van der Waals surface area (Å²) in [7, 11) is 1.60. The van der Waals surface area contributed by atoms with Crippen LogP contribution in [0.1, 0.15) is 11.3 Å². The van der Waals surface area contributed by atoms with Gasteiger partial charge in [-0.25, -0.2) is 9.48 Å². The minimum Gasteiger partial charge on any atom is -0.497 e. The Bertz CT molecular complexity index is 1300. The molecule has 1 heterocycles. The topological polar surface area (TPSA) is 64.4 Å². The van der Waals surface area contributed by atoms with E-state index in [0.29, 0.717) is 27.1 Å². The van der Waals surface area contributed by atoms with E-state index in [0.717, 1.165) is 16.9 Å². The maximum atomic E-state index is 11.9. The van der Waals surface area contributed by atoms with Crippen LogP contribution in [0, 0.1) is 0 Å². The van der Waals surface area contributed by atoms with E-state index in [2.05, 4.69) is 5.10 Å². The van der Waals surface area contributed by atoms with Crippen molar-refractivity contribution in [3.8, 4) is 22.7 Å². The molecule has 1 aromatic heterocycles. The number of carbonyl (C=O) groups is 1. The quantitative estimate of drug-likeness (QED) is 0.331. The number of hydrogen-bond donors (Lipinski definition) is 1. The Morgan fingerprint density at radius 2 is 1.69 bits per heavy atom. The molecule has 0 atom stereocenters. The number of ether oxygens (including phenoxy) is 1. The van der Waals surface area contributed by atoms with Gasteiger partial charge in [-0.2, -0.15) is 5.10 Å². The van der Waals surface area contributed by atoms with Crippen molar-refractivity contribution < 1.29 is 14.6 Å². The van der Waals surface area contributed by atoms with Crippen LogP contribution in [0.25, 0.3) is 28.6 Å². The second-order valence-electron chi connectivity index (χ2n) is 6.92. The molecule has 0 amide bonds. The fourth-order valence-corrected chi connectivity index (χ4v) is 3.58. The first-order valence-electron chi connectivity index (χ1n) is 9.66. The molecule has 0 saturated heterocycles. The third-order valence-electron chi connectivity index (χ3n) is 4.87. The highest BCUT2D eigenvalue weighted by molar-refractivity contribution is 6.42. The minimum atomic E-state index is -1.04. The van der Waals surface area contributed by atoms with Gasteiger partial charge in [0.25, 0.3) is 0 Å². The van der Waals surface area contributed by atoms with Gasteiger partial charge in [0, 0.05) is 5.56 Å².